The molecule has 2 heterocycles. The van der Waals surface area contributed by atoms with Gasteiger partial charge in [-0.1, -0.05) is 59.3 Å². The average Bonchev–Trinajstić information content (AvgIpc) is 1.58. The van der Waals surface area contributed by atoms with Gasteiger partial charge < -0.3 is 94.4 Å². The molecule has 2 aliphatic rings. The predicted molar refractivity (Wildman–Crippen MR) is 316 cm³/mol. The molecule has 18 N–H and O–H groups in total. The number of amides is 11. The zero-order chi connectivity index (χ0) is 68.7. The van der Waals surface area contributed by atoms with E-state index in [1.807, 2.05) is 22.9 Å². The highest BCUT2D eigenvalue weighted by Gasteiger charge is 2.46. The van der Waals surface area contributed by atoms with Crippen molar-refractivity contribution in [2.24, 2.45) is 35.3 Å². The number of nitrogens with one attached hydrogen (secondary N) is 10. The molecule has 0 aromatic carbocycles. The molecule has 5 unspecified atom stereocenters. The number of nitrogens with zero attached hydrogens (tertiary/aromatic N) is 1. The fourth-order valence-corrected chi connectivity index (χ4v) is 9.42. The molecule has 2 rings (SSSR count). The summed E-state index contributed by atoms with van der Waals surface area (Å²) in [6.45, 7) is 12.7. The van der Waals surface area contributed by atoms with Crippen molar-refractivity contribution in [2.45, 2.75) is 193 Å². The highest BCUT2D eigenvalue weighted by atomic mass is 16.4. The Morgan fingerprint density at radius 2 is 1.32 bits per heavy atom. The van der Waals surface area contributed by atoms with E-state index in [-0.39, 0.29) is 32.4 Å². The topological polar surface area (TPSA) is 527 Å². The van der Waals surface area contributed by atoms with Gasteiger partial charge in [0.2, 0.25) is 65.0 Å². The van der Waals surface area contributed by atoms with Gasteiger partial charge in [-0.15, -0.1) is 0 Å². The van der Waals surface area contributed by atoms with Gasteiger partial charge in [-0.2, -0.15) is 0 Å². The molecule has 11 amide bonds. The van der Waals surface area contributed by atoms with Crippen LogP contribution < -0.4 is 58.9 Å². The molecule has 0 radical (unpaired) electrons. The Balaban J connectivity index is 3.00. The number of aliphatic hydroxyl groups excluding tert-OH is 1. The summed E-state index contributed by atoms with van der Waals surface area (Å²) in [6.07, 6.45) is 3.69. The third kappa shape index (κ3) is 24.1. The minimum atomic E-state index is -2.88. The van der Waals surface area contributed by atoms with Crippen molar-refractivity contribution in [2.75, 3.05) is 19.6 Å². The van der Waals surface area contributed by atoms with Crippen LogP contribution in [-0.2, 0) is 71.9 Å². The zero-order valence-corrected chi connectivity index (χ0v) is 52.2. The zero-order valence-electron chi connectivity index (χ0n) is 52.2. The maximum Gasteiger partial charge on any atom is 0.335 e. The first-order chi connectivity index (χ1) is 41.9. The number of carboxylic acids is 4. The van der Waals surface area contributed by atoms with E-state index in [2.05, 4.69) is 44.1 Å². The first-order valence-electron chi connectivity index (χ1n) is 29.5. The lowest BCUT2D eigenvalue weighted by Crippen LogP contribution is -2.67. The predicted octanol–water partition coefficient (Wildman–Crippen LogP) is -4.41. The second-order valence-electron chi connectivity index (χ2n) is 23.6. The molecule has 0 saturated carbocycles. The summed E-state index contributed by atoms with van der Waals surface area (Å²) in [7, 11) is 0. The second-order valence-corrected chi connectivity index (χ2v) is 23.6. The van der Waals surface area contributed by atoms with Gasteiger partial charge in [0.25, 0.3) is 0 Å². The molecule has 2 fully saturated rings. The van der Waals surface area contributed by atoms with Crippen LogP contribution in [0.3, 0.4) is 0 Å². The minimum absolute atomic E-state index is 0.00851. The maximum absolute atomic E-state index is 14.9. The molecular formula is C57H90N12O21. The number of allylic oxidation sites excluding steroid dienone is 3. The average molecular weight is 1280 g/mol. The Morgan fingerprint density at radius 3 is 1.88 bits per heavy atom. The van der Waals surface area contributed by atoms with Crippen molar-refractivity contribution in [1.82, 2.24) is 58.1 Å². The van der Waals surface area contributed by atoms with Crippen LogP contribution in [0.25, 0.3) is 0 Å². The molecule has 0 aromatic rings. The van der Waals surface area contributed by atoms with E-state index < -0.39 is 204 Å². The number of hydrogen-bond donors (Lipinski definition) is 17. The normalized spacial score (nSPS) is 26.1. The van der Waals surface area contributed by atoms with Crippen LogP contribution in [0, 0.1) is 29.6 Å². The fourth-order valence-electron chi connectivity index (χ4n) is 9.42. The molecule has 504 valence electrons. The van der Waals surface area contributed by atoms with E-state index in [0.717, 1.165) is 51.5 Å². The number of aliphatic carboxylic acids is 4. The molecule has 0 spiro atoms. The number of carboxylic acid groups (broad SMARTS) is 4. The number of nitrogens with two attached hydrogens (primary N) is 1. The van der Waals surface area contributed by atoms with Gasteiger partial charge in [-0.3, -0.25) is 67.1 Å². The molecular weight excluding hydrogens is 1190 g/mol. The number of rotatable bonds is 23. The summed E-state index contributed by atoms with van der Waals surface area (Å²) in [6, 6.07) is -19.7. The SMILES string of the molecule is CCC(C)CC/C=C\C=C\C(=O)N[C@H](C(=O)N[C@@H]1C(=O)N[C@H](C(C)(C)O)C(=O)N[C@@H](CCCCN)C(=O)N[C@@H](C(O)C(=O)O)C(=O)N[C@@H](CC(=O)O)C(=O)NCC(=O)N[C@H](C(C)C(=O)O)C(=O)N[C@@H](C(C)C)C(=O)N2C[C@H](C)C[C@H]2C(=O)NC1C)C(C)C(=O)O. The number of carbonyl (C=O) groups excluding carboxylic acids is 11. The Hall–Kier alpha value is -8.59. The standard InChI is InChI=1S/C57H90N12O21/c1-11-27(4)18-14-12-13-15-20-35(70)63-39(29(6)54(84)85)49(79)66-41-31(8)60-47(77)34-22-28(5)25-69(34)53(83)38(26(2)3)65-48(78)40(30(7)55(86)87)64-36(71)24-59-45(75)33(23-37(72)73)62-51(81)42(43(74)56(88)89)67-46(76)32(19-16-17-21-58)61-52(82)44(57(9,10)90)68-50(41)80/h12-13,15,20,26-34,38-44,74,90H,11,14,16-19,21-25,58H2,1-10H3,(H,59,75)(H,60,77)(H,61,82)(H,62,81)(H,63,70)(H,64,71)(H,65,78)(H,66,79)(H,67,76)(H,68,80)(H,72,73)(H,84,85)(H,86,87)(H,88,89)/b13-12-,20-15+/t27?,28-,29?,30?,31?,32+,33+,34+,38+,39+,40-,41+,42+,43?,44+/m1/s1. The highest BCUT2D eigenvalue weighted by molar-refractivity contribution is 6.02. The molecule has 33 nitrogen and oxygen atoms in total. The van der Waals surface area contributed by atoms with Crippen LogP contribution in [0.4, 0.5) is 0 Å². The molecule has 15 atom stereocenters. The molecule has 2 aliphatic heterocycles. The van der Waals surface area contributed by atoms with Crippen LogP contribution >= 0.6 is 0 Å². The van der Waals surface area contributed by atoms with Crippen LogP contribution in [0.15, 0.2) is 24.3 Å². The van der Waals surface area contributed by atoms with E-state index in [0.29, 0.717) is 12.3 Å². The summed E-state index contributed by atoms with van der Waals surface area (Å²) in [5.41, 5.74) is 3.32. The molecule has 0 aromatic heterocycles. The van der Waals surface area contributed by atoms with Gasteiger partial charge in [0, 0.05) is 12.6 Å². The molecule has 0 bridgehead atoms. The monoisotopic (exact) mass is 1280 g/mol. The van der Waals surface area contributed by atoms with Crippen molar-refractivity contribution in [3.05, 3.63) is 24.3 Å². The van der Waals surface area contributed by atoms with Crippen LogP contribution in [0.2, 0.25) is 0 Å². The quantitative estimate of drug-likeness (QED) is 0.0261. The fraction of sp³-hybridized carbons (Fsp3) is 0.667. The van der Waals surface area contributed by atoms with E-state index in [9.17, 15) is 103 Å². The lowest BCUT2D eigenvalue weighted by atomic mass is 9.95. The van der Waals surface area contributed by atoms with E-state index >= 15 is 0 Å². The van der Waals surface area contributed by atoms with Gasteiger partial charge in [0.1, 0.15) is 54.4 Å². The highest BCUT2D eigenvalue weighted by Crippen LogP contribution is 2.26. The van der Waals surface area contributed by atoms with E-state index in [1.54, 1.807) is 19.1 Å². The van der Waals surface area contributed by atoms with Crippen LogP contribution in [0.1, 0.15) is 121 Å². The Kier molecular flexibility index (Phi) is 31.1. The Morgan fingerprint density at radius 1 is 0.711 bits per heavy atom. The number of fused-ring (bicyclic) bond motifs is 1. The second kappa shape index (κ2) is 36.2. The summed E-state index contributed by atoms with van der Waals surface area (Å²) in [4.78, 5) is 206. The molecule has 0 aliphatic carbocycles. The largest absolute Gasteiger partial charge is 0.481 e. The first-order valence-corrected chi connectivity index (χ1v) is 29.5. The number of aliphatic hydroxyl groups is 2. The molecule has 33 heteroatoms. The lowest BCUT2D eigenvalue weighted by Gasteiger charge is -2.35. The summed E-state index contributed by atoms with van der Waals surface area (Å²) in [5, 5.41) is 84.1. The van der Waals surface area contributed by atoms with E-state index in [4.69, 9.17) is 5.73 Å². The minimum Gasteiger partial charge on any atom is -0.481 e. The summed E-state index contributed by atoms with van der Waals surface area (Å²) in [5.74, 6) is -25.7. The molecule has 90 heavy (non-hydrogen) atoms. The third-order valence-corrected chi connectivity index (χ3v) is 15.2. The Labute approximate surface area is 520 Å². The van der Waals surface area contributed by atoms with Gasteiger partial charge in [-0.05, 0) is 97.4 Å². The van der Waals surface area contributed by atoms with Crippen LogP contribution in [0.5, 0.6) is 0 Å². The van der Waals surface area contributed by atoms with Crippen molar-refractivity contribution in [3.8, 4) is 0 Å². The van der Waals surface area contributed by atoms with Gasteiger partial charge in [-0.25, -0.2) is 4.79 Å². The van der Waals surface area contributed by atoms with Crippen LogP contribution in [-0.4, -0.2) is 216 Å². The number of carbonyl (C=O) groups is 15. The molecule has 2 saturated heterocycles. The van der Waals surface area contributed by atoms with Gasteiger partial charge in [0.05, 0.1) is 36.4 Å². The number of hydrogen-bond acceptors (Lipinski definition) is 18. The van der Waals surface area contributed by atoms with Gasteiger partial charge in [0.15, 0.2) is 6.10 Å². The third-order valence-electron chi connectivity index (χ3n) is 15.2. The van der Waals surface area contributed by atoms with E-state index in [1.165, 1.54) is 26.8 Å². The maximum atomic E-state index is 14.9. The summed E-state index contributed by atoms with van der Waals surface area (Å²) >= 11 is 0. The van der Waals surface area contributed by atoms with Crippen molar-refractivity contribution < 1.29 is 103 Å². The Bertz CT molecular complexity index is 2700. The summed E-state index contributed by atoms with van der Waals surface area (Å²) < 4.78 is 0. The van der Waals surface area contributed by atoms with Gasteiger partial charge >= 0.3 is 23.9 Å². The lowest BCUT2D eigenvalue weighted by molar-refractivity contribution is -0.153. The van der Waals surface area contributed by atoms with Crippen molar-refractivity contribution >= 4 is 88.9 Å². The smallest absolute Gasteiger partial charge is 0.335 e. The first kappa shape index (κ1) is 77.5. The number of unbranched alkanes of at least 4 members (excludes halogenated alkanes) is 1. The van der Waals surface area contributed by atoms with Crippen molar-refractivity contribution in [3.63, 3.8) is 0 Å². The van der Waals surface area contributed by atoms with Crippen molar-refractivity contribution in [1.29, 1.82) is 0 Å².